The highest BCUT2D eigenvalue weighted by atomic mass is 32.2. The standard InChI is InChI=1S/C25H28N4O2S/c1-17(30)20-12-7-13-21(16-20)26-24(31)23(19-10-3-2-4-11-19)32-25-27-22(28-29-25)15-14-18-8-5-6-9-18/h2-4,7,10-13,16,18,23H,5-6,8-9,14-15H2,1H3,(H,26,31)(H,27,28,29). The van der Waals surface area contributed by atoms with Gasteiger partial charge in [0.2, 0.25) is 11.1 Å². The number of carbonyl (C=O) groups is 2. The summed E-state index contributed by atoms with van der Waals surface area (Å²) in [6.45, 7) is 1.51. The minimum Gasteiger partial charge on any atom is -0.325 e. The molecule has 166 valence electrons. The Hall–Kier alpha value is -2.93. The first-order chi connectivity index (χ1) is 15.6. The fourth-order valence-corrected chi connectivity index (χ4v) is 5.04. The summed E-state index contributed by atoms with van der Waals surface area (Å²) in [7, 11) is 0. The zero-order valence-electron chi connectivity index (χ0n) is 18.2. The molecule has 0 spiro atoms. The van der Waals surface area contributed by atoms with Gasteiger partial charge in [0.1, 0.15) is 11.1 Å². The summed E-state index contributed by atoms with van der Waals surface area (Å²) in [6.07, 6.45) is 7.33. The van der Waals surface area contributed by atoms with E-state index in [9.17, 15) is 9.59 Å². The summed E-state index contributed by atoms with van der Waals surface area (Å²) < 4.78 is 0. The van der Waals surface area contributed by atoms with Gasteiger partial charge in [0.05, 0.1) is 0 Å². The number of ketones is 1. The van der Waals surface area contributed by atoms with E-state index in [-0.39, 0.29) is 11.7 Å². The Kier molecular flexibility index (Phi) is 7.37. The highest BCUT2D eigenvalue weighted by molar-refractivity contribution is 8.00. The summed E-state index contributed by atoms with van der Waals surface area (Å²) in [5.74, 6) is 1.45. The summed E-state index contributed by atoms with van der Waals surface area (Å²) in [5, 5.41) is 10.4. The zero-order valence-corrected chi connectivity index (χ0v) is 19.0. The highest BCUT2D eigenvalue weighted by Crippen LogP contribution is 2.35. The molecule has 1 aliphatic rings. The van der Waals surface area contributed by atoms with Gasteiger partial charge in [-0.05, 0) is 37.0 Å². The molecule has 3 aromatic rings. The van der Waals surface area contributed by atoms with Gasteiger partial charge < -0.3 is 5.32 Å². The Labute approximate surface area is 192 Å². The van der Waals surface area contributed by atoms with E-state index >= 15 is 0 Å². The normalized spacial score (nSPS) is 14.9. The molecule has 0 radical (unpaired) electrons. The van der Waals surface area contributed by atoms with Gasteiger partial charge in [0.25, 0.3) is 0 Å². The molecule has 1 unspecified atom stereocenters. The van der Waals surface area contributed by atoms with Crippen molar-refractivity contribution in [3.63, 3.8) is 0 Å². The molecule has 1 fully saturated rings. The maximum Gasteiger partial charge on any atom is 0.242 e. The van der Waals surface area contributed by atoms with Crippen molar-refractivity contribution in [2.45, 2.75) is 55.9 Å². The van der Waals surface area contributed by atoms with Gasteiger partial charge in [0, 0.05) is 17.7 Å². The molecule has 2 N–H and O–H groups in total. The summed E-state index contributed by atoms with van der Waals surface area (Å²) >= 11 is 1.33. The van der Waals surface area contributed by atoms with Crippen molar-refractivity contribution >= 4 is 29.1 Å². The van der Waals surface area contributed by atoms with Gasteiger partial charge in [-0.15, -0.1) is 5.10 Å². The Morgan fingerprint density at radius 2 is 1.91 bits per heavy atom. The SMILES string of the molecule is CC(=O)c1cccc(NC(=O)C(Sc2n[nH]c(CCC3CCCC3)n2)c2ccccc2)c1. The monoisotopic (exact) mass is 448 g/mol. The molecule has 32 heavy (non-hydrogen) atoms. The predicted octanol–water partition coefficient (Wildman–Crippen LogP) is 5.60. The van der Waals surface area contributed by atoms with Crippen LogP contribution in [0.1, 0.15) is 66.0 Å². The van der Waals surface area contributed by atoms with E-state index in [1.807, 2.05) is 30.3 Å². The number of benzene rings is 2. The van der Waals surface area contributed by atoms with Crippen molar-refractivity contribution in [1.29, 1.82) is 0 Å². The van der Waals surface area contributed by atoms with Crippen molar-refractivity contribution in [2.75, 3.05) is 5.32 Å². The van der Waals surface area contributed by atoms with Gasteiger partial charge in [0.15, 0.2) is 5.78 Å². The number of nitrogens with zero attached hydrogens (tertiary/aromatic N) is 2. The summed E-state index contributed by atoms with van der Waals surface area (Å²) in [5.41, 5.74) is 2.03. The molecule has 7 heteroatoms. The number of carbonyl (C=O) groups excluding carboxylic acids is 2. The quantitative estimate of drug-likeness (QED) is 0.328. The number of thioether (sulfide) groups is 1. The molecule has 1 amide bonds. The lowest BCUT2D eigenvalue weighted by molar-refractivity contribution is -0.115. The third-order valence-corrected chi connectivity index (χ3v) is 6.99. The molecule has 0 aliphatic heterocycles. The number of amides is 1. The largest absolute Gasteiger partial charge is 0.325 e. The van der Waals surface area contributed by atoms with Crippen LogP contribution in [0, 0.1) is 5.92 Å². The zero-order chi connectivity index (χ0) is 22.3. The number of hydrogen-bond donors (Lipinski definition) is 2. The smallest absolute Gasteiger partial charge is 0.242 e. The van der Waals surface area contributed by atoms with Gasteiger partial charge >= 0.3 is 0 Å². The highest BCUT2D eigenvalue weighted by Gasteiger charge is 2.24. The van der Waals surface area contributed by atoms with Crippen LogP contribution in [0.5, 0.6) is 0 Å². The average molecular weight is 449 g/mol. The number of hydrogen-bond acceptors (Lipinski definition) is 5. The van der Waals surface area contributed by atoms with Crippen LogP contribution >= 0.6 is 11.8 Å². The van der Waals surface area contributed by atoms with E-state index in [1.54, 1.807) is 24.3 Å². The molecule has 0 saturated heterocycles. The minimum absolute atomic E-state index is 0.0408. The molecular formula is C25H28N4O2S. The number of H-pyrrole nitrogens is 1. The van der Waals surface area contributed by atoms with Crippen molar-refractivity contribution in [2.24, 2.45) is 5.92 Å². The Morgan fingerprint density at radius 1 is 1.12 bits per heavy atom. The van der Waals surface area contributed by atoms with Crippen LogP contribution in [0.2, 0.25) is 0 Å². The lowest BCUT2D eigenvalue weighted by Crippen LogP contribution is -2.19. The third-order valence-electron chi connectivity index (χ3n) is 5.88. The van der Waals surface area contributed by atoms with Crippen LogP contribution in [0.3, 0.4) is 0 Å². The molecule has 6 nitrogen and oxygen atoms in total. The van der Waals surface area contributed by atoms with Gasteiger partial charge in [-0.2, -0.15) is 0 Å². The second-order valence-corrected chi connectivity index (χ2v) is 9.36. The van der Waals surface area contributed by atoms with Gasteiger partial charge in [-0.1, -0.05) is 79.9 Å². The molecule has 1 aromatic heterocycles. The van der Waals surface area contributed by atoms with Crippen molar-refractivity contribution in [1.82, 2.24) is 15.2 Å². The van der Waals surface area contributed by atoms with E-state index in [4.69, 9.17) is 0 Å². The fourth-order valence-electron chi connectivity index (χ4n) is 4.11. The molecule has 1 heterocycles. The number of aryl methyl sites for hydroxylation is 1. The number of aromatic nitrogens is 3. The van der Waals surface area contributed by atoms with Crippen LogP contribution in [-0.2, 0) is 11.2 Å². The van der Waals surface area contributed by atoms with Crippen molar-refractivity contribution in [3.8, 4) is 0 Å². The van der Waals surface area contributed by atoms with E-state index in [1.165, 1.54) is 44.4 Å². The maximum absolute atomic E-state index is 13.2. The molecule has 2 aromatic carbocycles. The Bertz CT molecular complexity index is 1060. The summed E-state index contributed by atoms with van der Waals surface area (Å²) in [6, 6.07) is 16.6. The topological polar surface area (TPSA) is 87.7 Å². The molecule has 1 atom stereocenters. The lowest BCUT2D eigenvalue weighted by atomic mass is 10.0. The minimum atomic E-state index is -0.518. The molecule has 1 aliphatic carbocycles. The molecule has 0 bridgehead atoms. The van der Waals surface area contributed by atoms with E-state index in [0.29, 0.717) is 16.4 Å². The number of rotatable bonds is 9. The maximum atomic E-state index is 13.2. The van der Waals surface area contributed by atoms with Crippen LogP contribution in [0.15, 0.2) is 59.8 Å². The number of Topliss-reactive ketones (excluding diaryl/α,β-unsaturated/α-hetero) is 1. The third kappa shape index (κ3) is 5.85. The number of nitrogens with one attached hydrogen (secondary N) is 2. The number of anilines is 1. The van der Waals surface area contributed by atoms with Crippen molar-refractivity contribution in [3.05, 3.63) is 71.5 Å². The number of aromatic amines is 1. The first kappa shape index (κ1) is 22.3. The first-order valence-electron chi connectivity index (χ1n) is 11.1. The van der Waals surface area contributed by atoms with Crippen LogP contribution in [0.4, 0.5) is 5.69 Å². The van der Waals surface area contributed by atoms with E-state index < -0.39 is 5.25 Å². The van der Waals surface area contributed by atoms with Crippen LogP contribution < -0.4 is 5.32 Å². The molecular weight excluding hydrogens is 420 g/mol. The second-order valence-electron chi connectivity index (χ2n) is 8.29. The molecule has 1 saturated carbocycles. The first-order valence-corrected chi connectivity index (χ1v) is 12.0. The Balaban J connectivity index is 1.47. The van der Waals surface area contributed by atoms with Crippen LogP contribution in [-0.4, -0.2) is 26.9 Å². The van der Waals surface area contributed by atoms with E-state index in [2.05, 4.69) is 20.5 Å². The lowest BCUT2D eigenvalue weighted by Gasteiger charge is -2.15. The predicted molar refractivity (Wildman–Crippen MR) is 127 cm³/mol. The van der Waals surface area contributed by atoms with E-state index in [0.717, 1.165) is 30.1 Å². The van der Waals surface area contributed by atoms with Crippen LogP contribution in [0.25, 0.3) is 0 Å². The second kappa shape index (κ2) is 10.6. The Morgan fingerprint density at radius 3 is 2.66 bits per heavy atom. The van der Waals surface area contributed by atoms with Gasteiger partial charge in [-0.25, -0.2) is 4.98 Å². The molecule has 4 rings (SSSR count). The fraction of sp³-hybridized carbons (Fsp3) is 0.360. The van der Waals surface area contributed by atoms with Gasteiger partial charge in [-0.3, -0.25) is 14.7 Å². The average Bonchev–Trinajstić information content (AvgIpc) is 3.49. The summed E-state index contributed by atoms with van der Waals surface area (Å²) in [4.78, 5) is 29.5. The van der Waals surface area contributed by atoms with Crippen molar-refractivity contribution < 1.29 is 9.59 Å².